The second-order valence-electron chi connectivity index (χ2n) is 15.3. The van der Waals surface area contributed by atoms with Crippen molar-refractivity contribution in [3.05, 3.63) is 60.7 Å². The minimum Gasteiger partial charge on any atom is -0.465 e. The first kappa shape index (κ1) is 35.3. The zero-order chi connectivity index (χ0) is 35.6. The number of aromatic nitrogens is 6. The number of aromatic amines is 1. The van der Waals surface area contributed by atoms with Crippen LogP contribution in [0.5, 0.6) is 0 Å². The van der Waals surface area contributed by atoms with Gasteiger partial charge in [-0.1, -0.05) is 43.9 Å². The van der Waals surface area contributed by atoms with Gasteiger partial charge in [0.1, 0.15) is 24.0 Å². The Balaban J connectivity index is 1.17. The smallest absolute Gasteiger partial charge is 0.410 e. The Bertz CT molecular complexity index is 1790. The van der Waals surface area contributed by atoms with E-state index in [1.807, 2.05) is 49.6 Å². The van der Waals surface area contributed by atoms with E-state index in [9.17, 15) is 14.7 Å². The average Bonchev–Trinajstić information content (AvgIpc) is 3.88. The number of hydrogen-bond acceptors (Lipinski definition) is 8. The van der Waals surface area contributed by atoms with Gasteiger partial charge >= 0.3 is 12.2 Å². The van der Waals surface area contributed by atoms with E-state index in [0.717, 1.165) is 59.2 Å². The number of H-pyrrole nitrogens is 1. The minimum absolute atomic E-state index is 0.150. The number of hydrogen-bond donors (Lipinski definition) is 2. The summed E-state index contributed by atoms with van der Waals surface area (Å²) < 4.78 is 13.7. The molecule has 6 rings (SSSR count). The van der Waals surface area contributed by atoms with Crippen molar-refractivity contribution in [2.45, 2.75) is 96.6 Å². The predicted molar refractivity (Wildman–Crippen MR) is 192 cm³/mol. The van der Waals surface area contributed by atoms with Crippen LogP contribution < -0.4 is 0 Å². The average molecular weight is 701 g/mol. The largest absolute Gasteiger partial charge is 0.465 e. The molecule has 266 valence electrons. The molecule has 5 heterocycles. The zero-order valence-electron chi connectivity index (χ0n) is 29.8. The summed E-state index contributed by atoms with van der Waals surface area (Å²) in [5, 5.41) is 9.81. The summed E-state index contributed by atoms with van der Waals surface area (Å²) in [6.07, 6.45) is 9.09. The zero-order valence-corrected chi connectivity index (χ0v) is 30.8. The summed E-state index contributed by atoms with van der Waals surface area (Å²) in [4.78, 5) is 50.1. The van der Waals surface area contributed by atoms with Gasteiger partial charge in [-0.15, -0.1) is 0 Å². The quantitative estimate of drug-likeness (QED) is 0.126. The molecule has 4 aromatic rings. The molecule has 50 heavy (non-hydrogen) atoms. The molecule has 14 heteroatoms. The number of likely N-dealkylation sites (tertiary alicyclic amines) is 2. The van der Waals surface area contributed by atoms with Gasteiger partial charge in [0.05, 0.1) is 35.9 Å². The third kappa shape index (κ3) is 8.07. The highest BCUT2D eigenvalue weighted by molar-refractivity contribution is 6.76. The lowest BCUT2D eigenvalue weighted by atomic mass is 10.1. The molecule has 2 fully saturated rings. The SMILES string of the molecule is CC(C)(C)OC(=O)N1CCCC1c1ncc(-c2ccc(-c3ncc(-c4cnc(C5CCCN5C(=O)O)n4COCC[Si](C)(C)C)cn3)cc2)[nH]1. The van der Waals surface area contributed by atoms with E-state index >= 15 is 0 Å². The highest BCUT2D eigenvalue weighted by Crippen LogP contribution is 2.35. The van der Waals surface area contributed by atoms with Crippen LogP contribution in [-0.2, 0) is 16.2 Å². The van der Waals surface area contributed by atoms with Crippen molar-refractivity contribution in [1.82, 2.24) is 39.3 Å². The highest BCUT2D eigenvalue weighted by atomic mass is 28.3. The lowest BCUT2D eigenvalue weighted by Gasteiger charge is -2.27. The highest BCUT2D eigenvalue weighted by Gasteiger charge is 2.35. The van der Waals surface area contributed by atoms with Crippen molar-refractivity contribution in [3.8, 4) is 33.9 Å². The first-order valence-electron chi connectivity index (χ1n) is 17.4. The van der Waals surface area contributed by atoms with Gasteiger partial charge in [0, 0.05) is 51.3 Å². The summed E-state index contributed by atoms with van der Waals surface area (Å²) in [6.45, 7) is 14.6. The Morgan fingerprint density at radius 2 is 1.54 bits per heavy atom. The molecule has 0 saturated carbocycles. The van der Waals surface area contributed by atoms with Crippen LogP contribution >= 0.6 is 0 Å². The van der Waals surface area contributed by atoms with Crippen LogP contribution in [0.4, 0.5) is 9.59 Å². The van der Waals surface area contributed by atoms with Crippen molar-refractivity contribution in [2.24, 2.45) is 0 Å². The number of benzene rings is 1. The molecule has 0 spiro atoms. The number of ether oxygens (including phenoxy) is 2. The molecule has 2 amide bonds. The first-order chi connectivity index (χ1) is 23.8. The predicted octanol–water partition coefficient (Wildman–Crippen LogP) is 7.60. The molecule has 0 aliphatic carbocycles. The molecule has 1 aromatic carbocycles. The number of carboxylic acid groups (broad SMARTS) is 1. The molecule has 2 saturated heterocycles. The fourth-order valence-corrected chi connectivity index (χ4v) is 7.23. The number of imidazole rings is 2. The third-order valence-corrected chi connectivity index (χ3v) is 10.8. The molecular formula is C36H48N8O5Si. The van der Waals surface area contributed by atoms with Gasteiger partial charge < -0.3 is 24.1 Å². The summed E-state index contributed by atoms with van der Waals surface area (Å²) in [7, 11) is -1.28. The van der Waals surface area contributed by atoms with Crippen molar-refractivity contribution in [3.63, 3.8) is 0 Å². The van der Waals surface area contributed by atoms with E-state index in [2.05, 4.69) is 29.6 Å². The molecule has 2 atom stereocenters. The topological polar surface area (TPSA) is 152 Å². The molecule has 2 aliphatic heterocycles. The van der Waals surface area contributed by atoms with Gasteiger partial charge in [0.25, 0.3) is 0 Å². The number of nitrogens with one attached hydrogen (secondary N) is 1. The van der Waals surface area contributed by atoms with E-state index in [1.165, 1.54) is 4.90 Å². The van der Waals surface area contributed by atoms with Crippen LogP contribution in [0.25, 0.3) is 33.9 Å². The van der Waals surface area contributed by atoms with Gasteiger partial charge in [-0.3, -0.25) is 9.80 Å². The van der Waals surface area contributed by atoms with E-state index < -0.39 is 19.8 Å². The Morgan fingerprint density at radius 1 is 0.880 bits per heavy atom. The standard InChI is InChI=1S/C36H48N8O5Si/c1-36(2,3)49-35(47)43-16-7-9-28(43)32-39-21-27(41-32)24-11-13-25(14-12-24)31-37-19-26(20-38-31)30-22-40-33(29-10-8-15-42(29)34(45)46)44(30)23-48-17-18-50(4,5)6/h11-14,19-22,28-29H,7-10,15-18,23H2,1-6H3,(H,39,41)(H,45,46). The van der Waals surface area contributed by atoms with Gasteiger partial charge in [0.2, 0.25) is 0 Å². The number of amides is 2. The van der Waals surface area contributed by atoms with Crippen LogP contribution in [0.1, 0.15) is 70.2 Å². The van der Waals surface area contributed by atoms with E-state index in [4.69, 9.17) is 24.4 Å². The summed E-state index contributed by atoms with van der Waals surface area (Å²) in [6, 6.07) is 8.50. The van der Waals surface area contributed by atoms with E-state index in [-0.39, 0.29) is 24.9 Å². The lowest BCUT2D eigenvalue weighted by molar-refractivity contribution is 0.0218. The first-order valence-corrected chi connectivity index (χ1v) is 21.1. The van der Waals surface area contributed by atoms with Gasteiger partial charge in [-0.25, -0.2) is 29.5 Å². The van der Waals surface area contributed by atoms with Crippen LogP contribution in [0.3, 0.4) is 0 Å². The normalized spacial score (nSPS) is 18.2. The summed E-state index contributed by atoms with van der Waals surface area (Å²) >= 11 is 0. The van der Waals surface area contributed by atoms with Gasteiger partial charge in [-0.2, -0.15) is 0 Å². The Hall–Kier alpha value is -4.56. The van der Waals surface area contributed by atoms with Crippen LogP contribution in [0.15, 0.2) is 49.1 Å². The van der Waals surface area contributed by atoms with Crippen molar-refractivity contribution >= 4 is 20.3 Å². The Morgan fingerprint density at radius 3 is 2.20 bits per heavy atom. The number of carbonyl (C=O) groups excluding carboxylic acids is 1. The van der Waals surface area contributed by atoms with Crippen molar-refractivity contribution < 1.29 is 24.2 Å². The Kier molecular flexibility index (Phi) is 10.1. The second-order valence-corrected chi connectivity index (χ2v) is 20.9. The number of rotatable bonds is 10. The van der Waals surface area contributed by atoms with Gasteiger partial charge in [0.15, 0.2) is 5.82 Å². The molecule has 0 bridgehead atoms. The molecule has 2 N–H and O–H groups in total. The molecule has 13 nitrogen and oxygen atoms in total. The number of carbonyl (C=O) groups is 2. The van der Waals surface area contributed by atoms with E-state index in [0.29, 0.717) is 37.8 Å². The molecular weight excluding hydrogens is 653 g/mol. The maximum Gasteiger partial charge on any atom is 0.410 e. The second kappa shape index (κ2) is 14.4. The molecule has 2 unspecified atom stereocenters. The van der Waals surface area contributed by atoms with Crippen LogP contribution in [-0.4, -0.2) is 90.0 Å². The molecule has 2 aliphatic rings. The van der Waals surface area contributed by atoms with Crippen molar-refractivity contribution in [2.75, 3.05) is 19.7 Å². The molecule has 3 aromatic heterocycles. The lowest BCUT2D eigenvalue weighted by Crippen LogP contribution is -2.36. The fourth-order valence-electron chi connectivity index (χ4n) is 6.47. The van der Waals surface area contributed by atoms with Crippen LogP contribution in [0.2, 0.25) is 25.7 Å². The summed E-state index contributed by atoms with van der Waals surface area (Å²) in [5.74, 6) is 2.01. The summed E-state index contributed by atoms with van der Waals surface area (Å²) in [5.41, 5.74) is 3.68. The van der Waals surface area contributed by atoms with Gasteiger partial charge in [-0.05, 0) is 58.1 Å². The monoisotopic (exact) mass is 700 g/mol. The Labute approximate surface area is 294 Å². The third-order valence-electron chi connectivity index (χ3n) is 9.09. The number of nitrogens with zero attached hydrogens (tertiary/aromatic N) is 7. The van der Waals surface area contributed by atoms with Crippen molar-refractivity contribution in [1.29, 1.82) is 0 Å². The maximum absolute atomic E-state index is 12.8. The van der Waals surface area contributed by atoms with E-state index in [1.54, 1.807) is 29.7 Å². The maximum atomic E-state index is 12.8. The molecule has 0 radical (unpaired) electrons. The van der Waals surface area contributed by atoms with Crippen LogP contribution in [0, 0.1) is 0 Å². The minimum atomic E-state index is -1.28. The fraction of sp³-hybridized carbons (Fsp3) is 0.500.